The van der Waals surface area contributed by atoms with E-state index in [9.17, 15) is 25.2 Å². The van der Waals surface area contributed by atoms with Crippen LogP contribution in [0.1, 0.15) is 5.56 Å². The second kappa shape index (κ2) is 12.6. The average molecular weight is 639 g/mol. The molecule has 0 bridgehead atoms. The maximum atomic E-state index is 9.87. The molecule has 13 heteroatoms. The minimum Gasteiger partial charge on any atom is -0.0623 e. The number of rotatable bonds is 2. The van der Waals surface area contributed by atoms with Gasteiger partial charge in [-0.25, -0.2) is 0 Å². The minimum absolute atomic E-state index is 0.158. The Labute approximate surface area is 217 Å². The van der Waals surface area contributed by atoms with Gasteiger partial charge in [-0.1, -0.05) is 84.9 Å². The zero-order valence-electron chi connectivity index (χ0n) is 17.6. The predicted octanol–water partition coefficient (Wildman–Crippen LogP) is 8.92. The van der Waals surface area contributed by atoms with Crippen molar-refractivity contribution in [2.75, 3.05) is 0 Å². The number of nitrogens with one attached hydrogen (secondary N) is 1. The third-order valence-electron chi connectivity index (χ3n) is 3.85. The summed E-state index contributed by atoms with van der Waals surface area (Å²) in [6, 6.07) is 30.7. The first-order chi connectivity index (χ1) is 16.2. The number of nitrogens with two attached hydrogens (primary N) is 1. The van der Waals surface area contributed by atoms with E-state index in [1.54, 1.807) is 6.21 Å². The van der Waals surface area contributed by atoms with E-state index in [0.29, 0.717) is 0 Å². The summed E-state index contributed by atoms with van der Waals surface area (Å²) in [7, 11) is -6.09. The topological polar surface area (TPSA) is 50.4 Å². The average Bonchev–Trinajstić information content (AvgIpc) is 2.79. The molecule has 35 heavy (non-hydrogen) atoms. The Hall–Kier alpha value is -2.32. The normalized spacial score (nSPS) is 12.6. The van der Waals surface area contributed by atoms with Crippen LogP contribution in [0.2, 0.25) is 0 Å². The van der Waals surface area contributed by atoms with Crippen molar-refractivity contribution < 1.29 is 42.5 Å². The minimum atomic E-state index is -10.7. The Morgan fingerprint density at radius 2 is 1.11 bits per heavy atom. The molecule has 0 atom stereocenters. The summed E-state index contributed by atoms with van der Waals surface area (Å²) in [5, 5.41) is 8.93. The zero-order valence-corrected chi connectivity index (χ0v) is 21.8. The van der Waals surface area contributed by atoms with Gasteiger partial charge in [0.05, 0.1) is 6.21 Å². The van der Waals surface area contributed by atoms with E-state index in [0.717, 1.165) is 16.3 Å². The summed E-state index contributed by atoms with van der Waals surface area (Å²) in [6.07, 6.45) is 1.77. The number of thiocarbonyl (C=S) groups is 1. The number of fused-ring (bicyclic) bond motifs is 2. The standard InChI is InChI=1S/C16H13N3S.C6H6.ClH.F6P.Ru/c17-16(20)19-18-10-15-13-7-3-1-5-11(13)9-12-6-2-4-8-14(12)15;1-2-4-6-5-3-1;;1-7(2,3,4,5)6;/h1-10H,(H3,17,19,20);1-6H;1H;;/q;;;-1;+2/p-1/b18-10-;;;;. The molecule has 0 saturated carbocycles. The predicted molar refractivity (Wildman–Crippen MR) is 135 cm³/mol. The monoisotopic (exact) mass is 639 g/mol. The second-order valence-corrected chi connectivity index (χ2v) is 8.94. The van der Waals surface area contributed by atoms with Crippen LogP contribution in [0.4, 0.5) is 25.2 Å². The van der Waals surface area contributed by atoms with Gasteiger partial charge in [-0.15, -0.1) is 0 Å². The molecule has 3 nitrogen and oxygen atoms in total. The maximum Gasteiger partial charge on any atom is -0.0623 e. The van der Waals surface area contributed by atoms with Crippen LogP contribution in [0, 0.1) is 0 Å². The van der Waals surface area contributed by atoms with Crippen LogP contribution in [0.3, 0.4) is 0 Å². The second-order valence-electron chi connectivity index (χ2n) is 6.58. The third kappa shape index (κ3) is 14.6. The van der Waals surface area contributed by atoms with Crippen LogP contribution in [-0.2, 0) is 17.3 Å². The fourth-order valence-electron chi connectivity index (χ4n) is 2.73. The van der Waals surface area contributed by atoms with E-state index >= 15 is 0 Å². The van der Waals surface area contributed by atoms with Gasteiger partial charge in [-0.2, -0.15) is 5.10 Å². The Morgan fingerprint density at radius 1 is 0.771 bits per heavy atom. The first kappa shape index (κ1) is 30.7. The fourth-order valence-corrected chi connectivity index (χ4v) is 2.79. The van der Waals surface area contributed by atoms with Gasteiger partial charge in [-0.3, -0.25) is 5.43 Å². The number of hydrogen-bond donors (Lipinski definition) is 2. The van der Waals surface area contributed by atoms with E-state index in [4.69, 9.17) is 18.0 Å². The molecular formula is C22H19ClF6N3PRuS. The molecule has 0 aliphatic rings. The molecule has 0 heterocycles. The van der Waals surface area contributed by atoms with Crippen LogP contribution < -0.4 is 11.2 Å². The van der Waals surface area contributed by atoms with E-state index < -0.39 is 7.81 Å². The van der Waals surface area contributed by atoms with Crippen LogP contribution in [0.15, 0.2) is 96.1 Å². The van der Waals surface area contributed by atoms with E-state index in [1.807, 2.05) is 78.0 Å². The van der Waals surface area contributed by atoms with Gasteiger partial charge in [-0.05, 0) is 39.8 Å². The fraction of sp³-hybridized carbons (Fsp3) is 0. The van der Waals surface area contributed by atoms with Crippen molar-refractivity contribution in [3.8, 4) is 0 Å². The van der Waals surface area contributed by atoms with Gasteiger partial charge in [0.15, 0.2) is 5.11 Å². The molecule has 0 radical (unpaired) electrons. The largest absolute Gasteiger partial charge is 0.0623 e. The number of hydrazone groups is 1. The number of hydrogen-bond acceptors (Lipinski definition) is 2. The molecule has 0 aromatic heterocycles. The summed E-state index contributed by atoms with van der Waals surface area (Å²) < 4.78 is 59.2. The summed E-state index contributed by atoms with van der Waals surface area (Å²) in [4.78, 5) is 0. The van der Waals surface area contributed by atoms with E-state index in [2.05, 4.69) is 50.6 Å². The molecule has 0 saturated heterocycles. The quantitative estimate of drug-likeness (QED) is 0.0439. The molecular weight excluding hydrogens is 620 g/mol. The van der Waals surface area contributed by atoms with Crippen molar-refractivity contribution in [1.82, 2.24) is 5.43 Å². The Kier molecular flexibility index (Phi) is 11.0. The van der Waals surface area contributed by atoms with Gasteiger partial charge >= 0.3 is 60.0 Å². The first-order valence-electron chi connectivity index (χ1n) is 9.39. The van der Waals surface area contributed by atoms with Crippen molar-refractivity contribution in [2.45, 2.75) is 0 Å². The van der Waals surface area contributed by atoms with Gasteiger partial charge in [0.25, 0.3) is 0 Å². The van der Waals surface area contributed by atoms with Crippen molar-refractivity contribution in [1.29, 1.82) is 0 Å². The zero-order chi connectivity index (χ0) is 26.6. The van der Waals surface area contributed by atoms with Crippen molar-refractivity contribution in [2.24, 2.45) is 10.8 Å². The Bertz CT molecular complexity index is 1190. The van der Waals surface area contributed by atoms with E-state index in [1.165, 1.54) is 10.8 Å². The summed E-state index contributed by atoms with van der Waals surface area (Å²) in [5.41, 5.74) is 9.05. The number of benzene rings is 4. The number of nitrogens with zero attached hydrogens (tertiary/aromatic N) is 1. The van der Waals surface area contributed by atoms with Crippen LogP contribution in [0.25, 0.3) is 21.5 Å². The molecule has 190 valence electrons. The van der Waals surface area contributed by atoms with Crippen LogP contribution >= 0.6 is 29.7 Å². The van der Waals surface area contributed by atoms with Gasteiger partial charge in [0, 0.05) is 5.56 Å². The van der Waals surface area contributed by atoms with Crippen LogP contribution in [-0.4, -0.2) is 11.3 Å². The Balaban J connectivity index is 0.000000336. The van der Waals surface area contributed by atoms with Crippen molar-refractivity contribution in [3.63, 3.8) is 0 Å². The molecule has 0 unspecified atom stereocenters. The Morgan fingerprint density at radius 3 is 1.46 bits per heavy atom. The molecule has 4 aromatic carbocycles. The van der Waals surface area contributed by atoms with Crippen LogP contribution in [0.5, 0.6) is 0 Å². The molecule has 4 rings (SSSR count). The molecule has 0 amide bonds. The summed E-state index contributed by atoms with van der Waals surface area (Å²) >= 11 is 6.58. The maximum absolute atomic E-state index is 10.7. The molecule has 0 spiro atoms. The molecule has 3 N–H and O–H groups in total. The smallest absolute Gasteiger partial charge is 0.0623 e. The first-order valence-corrected chi connectivity index (χ1v) is 14.1. The molecule has 4 aromatic rings. The van der Waals surface area contributed by atoms with E-state index in [-0.39, 0.29) is 5.11 Å². The summed E-state index contributed by atoms with van der Waals surface area (Å²) in [5.74, 6) is 0. The third-order valence-corrected chi connectivity index (χ3v) is 3.94. The molecule has 0 aliphatic heterocycles. The number of halogens is 7. The van der Waals surface area contributed by atoms with Crippen molar-refractivity contribution in [3.05, 3.63) is 96.6 Å². The van der Waals surface area contributed by atoms with Crippen molar-refractivity contribution >= 4 is 62.6 Å². The van der Waals surface area contributed by atoms with Gasteiger partial charge < -0.3 is 5.73 Å². The molecule has 0 aliphatic carbocycles. The van der Waals surface area contributed by atoms with Gasteiger partial charge in [0.1, 0.15) is 0 Å². The SMILES string of the molecule is F[P-](F)(F)(F)(F)F.NC(=S)N/N=C\c1c2ccccc2cc2ccccc12.[Cl][Ru+].c1ccccc1. The summed E-state index contributed by atoms with van der Waals surface area (Å²) in [6.45, 7) is 0. The van der Waals surface area contributed by atoms with Gasteiger partial charge in [0.2, 0.25) is 0 Å². The molecule has 0 fully saturated rings.